The van der Waals surface area contributed by atoms with Gasteiger partial charge in [0.1, 0.15) is 5.60 Å². The lowest BCUT2D eigenvalue weighted by molar-refractivity contribution is 0.0452. The molecule has 0 aliphatic carbocycles. The molecule has 1 fully saturated rings. The summed E-state index contributed by atoms with van der Waals surface area (Å²) in [7, 11) is 0. The quantitative estimate of drug-likeness (QED) is 0.820. The molecule has 0 radical (unpaired) electrons. The van der Waals surface area contributed by atoms with Crippen molar-refractivity contribution in [2.45, 2.75) is 45.3 Å². The maximum absolute atomic E-state index is 12.5. The normalized spacial score (nSPS) is 18.4. The minimum absolute atomic E-state index is 0.0410. The van der Waals surface area contributed by atoms with Crippen molar-refractivity contribution < 1.29 is 14.3 Å². The number of anilines is 1. The van der Waals surface area contributed by atoms with Crippen molar-refractivity contribution in [1.82, 2.24) is 10.2 Å². The highest BCUT2D eigenvalue weighted by Gasteiger charge is 2.27. The fourth-order valence-corrected chi connectivity index (χ4v) is 2.56. The van der Waals surface area contributed by atoms with E-state index in [4.69, 9.17) is 10.5 Å². The van der Waals surface area contributed by atoms with E-state index in [1.807, 2.05) is 20.8 Å². The molecule has 126 valence electrons. The number of nitrogens with zero attached hydrogens (tertiary/aromatic N) is 1. The van der Waals surface area contributed by atoms with Crippen LogP contribution in [0.15, 0.2) is 24.3 Å². The Morgan fingerprint density at radius 3 is 2.52 bits per heavy atom. The summed E-state index contributed by atoms with van der Waals surface area (Å²) < 4.78 is 5.27. The molecular weight excluding hydrogens is 294 g/mol. The zero-order valence-corrected chi connectivity index (χ0v) is 14.0. The Morgan fingerprint density at radius 2 is 1.91 bits per heavy atom. The highest BCUT2D eigenvalue weighted by molar-refractivity contribution is 5.94. The molecule has 23 heavy (non-hydrogen) atoms. The van der Waals surface area contributed by atoms with Gasteiger partial charge < -0.3 is 20.7 Å². The Labute approximate surface area is 137 Å². The molecule has 3 N–H and O–H groups in total. The number of ether oxygens (including phenoxy) is 1. The highest BCUT2D eigenvalue weighted by atomic mass is 16.6. The predicted molar refractivity (Wildman–Crippen MR) is 89.1 cm³/mol. The molecule has 1 heterocycles. The Kier molecular flexibility index (Phi) is 5.13. The van der Waals surface area contributed by atoms with Crippen molar-refractivity contribution in [1.29, 1.82) is 0 Å². The number of hydrogen-bond acceptors (Lipinski definition) is 4. The fraction of sp³-hybridized carbons (Fsp3) is 0.529. The van der Waals surface area contributed by atoms with Gasteiger partial charge >= 0.3 is 6.09 Å². The molecule has 0 aromatic heterocycles. The van der Waals surface area contributed by atoms with Crippen molar-refractivity contribution in [2.24, 2.45) is 0 Å². The van der Waals surface area contributed by atoms with Crippen LogP contribution in [0.5, 0.6) is 0 Å². The first-order chi connectivity index (χ1) is 10.7. The Balaban J connectivity index is 1.94. The number of hydrogen-bond donors (Lipinski definition) is 2. The van der Waals surface area contributed by atoms with E-state index in [0.717, 1.165) is 12.8 Å². The van der Waals surface area contributed by atoms with Crippen LogP contribution in [0.2, 0.25) is 0 Å². The van der Waals surface area contributed by atoms with Gasteiger partial charge in [-0.25, -0.2) is 4.79 Å². The first-order valence-corrected chi connectivity index (χ1v) is 7.89. The number of amides is 2. The average Bonchev–Trinajstić information content (AvgIpc) is 2.45. The molecule has 2 rings (SSSR count). The van der Waals surface area contributed by atoms with Gasteiger partial charge in [-0.15, -0.1) is 0 Å². The summed E-state index contributed by atoms with van der Waals surface area (Å²) in [5.41, 5.74) is 6.35. The molecule has 6 nitrogen and oxygen atoms in total. The van der Waals surface area contributed by atoms with E-state index in [-0.39, 0.29) is 11.9 Å². The lowest BCUT2D eigenvalue weighted by Crippen LogP contribution is -2.50. The third-order valence-electron chi connectivity index (χ3n) is 3.59. The third kappa shape index (κ3) is 5.16. The molecule has 0 bridgehead atoms. The second-order valence-corrected chi connectivity index (χ2v) is 6.86. The molecule has 6 heteroatoms. The average molecular weight is 319 g/mol. The Hall–Kier alpha value is -2.24. The molecule has 1 aromatic rings. The number of likely N-dealkylation sites (tertiary alicyclic amines) is 1. The van der Waals surface area contributed by atoms with Gasteiger partial charge in [-0.1, -0.05) is 0 Å². The number of nitrogens with one attached hydrogen (secondary N) is 1. The number of carbonyl (C=O) groups is 2. The first kappa shape index (κ1) is 17.1. The summed E-state index contributed by atoms with van der Waals surface area (Å²) in [5, 5.41) is 2.85. The Morgan fingerprint density at radius 1 is 1.26 bits per heavy atom. The first-order valence-electron chi connectivity index (χ1n) is 7.89. The minimum atomic E-state index is -0.530. The number of nitrogen functional groups attached to an aromatic ring is 1. The van der Waals surface area contributed by atoms with Crippen LogP contribution < -0.4 is 11.1 Å². The van der Waals surface area contributed by atoms with Gasteiger partial charge in [-0.2, -0.15) is 0 Å². The lowest BCUT2D eigenvalue weighted by Gasteiger charge is -2.33. The van der Waals surface area contributed by atoms with E-state index in [9.17, 15) is 9.59 Å². The molecule has 1 aliphatic rings. The molecule has 0 saturated carbocycles. The van der Waals surface area contributed by atoms with E-state index in [2.05, 4.69) is 5.32 Å². The monoisotopic (exact) mass is 319 g/mol. The van der Waals surface area contributed by atoms with Crippen LogP contribution in [0, 0.1) is 0 Å². The van der Waals surface area contributed by atoms with Crippen molar-refractivity contribution in [3.63, 3.8) is 0 Å². The van der Waals surface area contributed by atoms with Crippen LogP contribution in [0.25, 0.3) is 0 Å². The van der Waals surface area contributed by atoms with Gasteiger partial charge in [-0.3, -0.25) is 4.79 Å². The van der Waals surface area contributed by atoms with Gasteiger partial charge in [0.2, 0.25) is 0 Å². The van der Waals surface area contributed by atoms with Crippen molar-refractivity contribution in [2.75, 3.05) is 18.8 Å². The summed E-state index contributed by atoms with van der Waals surface area (Å²) in [6, 6.07) is 6.79. The fourth-order valence-electron chi connectivity index (χ4n) is 2.56. The number of alkyl carbamates (subject to hydrolysis) is 1. The van der Waals surface area contributed by atoms with E-state index in [0.29, 0.717) is 24.3 Å². The van der Waals surface area contributed by atoms with Crippen LogP contribution in [0.4, 0.5) is 10.5 Å². The SMILES string of the molecule is CC(C)(C)OC(=O)NC1CCCN(C(=O)c2ccc(N)cc2)C1. The Bertz CT molecular complexity index is 563. The van der Waals surface area contributed by atoms with Crippen LogP contribution in [0.1, 0.15) is 44.0 Å². The number of piperidine rings is 1. The minimum Gasteiger partial charge on any atom is -0.444 e. The van der Waals surface area contributed by atoms with Crippen molar-refractivity contribution in [3.05, 3.63) is 29.8 Å². The van der Waals surface area contributed by atoms with E-state index in [1.165, 1.54) is 0 Å². The number of benzene rings is 1. The summed E-state index contributed by atoms with van der Waals surface area (Å²) in [6.07, 6.45) is 1.25. The van der Waals surface area contributed by atoms with Gasteiger partial charge in [0.25, 0.3) is 5.91 Å². The van der Waals surface area contributed by atoms with Crippen LogP contribution in [0.3, 0.4) is 0 Å². The highest BCUT2D eigenvalue weighted by Crippen LogP contribution is 2.16. The summed E-state index contributed by atoms with van der Waals surface area (Å²) in [4.78, 5) is 26.1. The molecule has 1 aromatic carbocycles. The van der Waals surface area contributed by atoms with Crippen LogP contribution in [-0.4, -0.2) is 41.6 Å². The van der Waals surface area contributed by atoms with Crippen molar-refractivity contribution in [3.8, 4) is 0 Å². The second-order valence-electron chi connectivity index (χ2n) is 6.86. The second kappa shape index (κ2) is 6.89. The van der Waals surface area contributed by atoms with E-state index in [1.54, 1.807) is 29.2 Å². The van der Waals surface area contributed by atoms with Crippen LogP contribution in [-0.2, 0) is 4.74 Å². The topological polar surface area (TPSA) is 84.7 Å². The van der Waals surface area contributed by atoms with Gasteiger partial charge in [0.15, 0.2) is 0 Å². The van der Waals surface area contributed by atoms with Crippen LogP contribution >= 0.6 is 0 Å². The zero-order valence-electron chi connectivity index (χ0n) is 14.0. The third-order valence-corrected chi connectivity index (χ3v) is 3.59. The molecule has 1 atom stereocenters. The standard InChI is InChI=1S/C17H25N3O3/c1-17(2,3)23-16(22)19-14-5-4-10-20(11-14)15(21)12-6-8-13(18)9-7-12/h6-9,14H,4-5,10-11,18H2,1-3H3,(H,19,22). The predicted octanol–water partition coefficient (Wildman–Crippen LogP) is 2.40. The largest absolute Gasteiger partial charge is 0.444 e. The molecule has 1 aliphatic heterocycles. The molecule has 2 amide bonds. The zero-order chi connectivity index (χ0) is 17.0. The van der Waals surface area contributed by atoms with E-state index >= 15 is 0 Å². The van der Waals surface area contributed by atoms with Gasteiger partial charge in [0, 0.05) is 30.4 Å². The smallest absolute Gasteiger partial charge is 0.407 e. The molecule has 1 unspecified atom stereocenters. The van der Waals surface area contributed by atoms with Gasteiger partial charge in [0.05, 0.1) is 0 Å². The van der Waals surface area contributed by atoms with Crippen molar-refractivity contribution >= 4 is 17.7 Å². The molecular formula is C17H25N3O3. The lowest BCUT2D eigenvalue weighted by atomic mass is 10.0. The van der Waals surface area contributed by atoms with E-state index < -0.39 is 11.7 Å². The summed E-state index contributed by atoms with van der Waals surface area (Å²) in [5.74, 6) is -0.0410. The maximum atomic E-state index is 12.5. The van der Waals surface area contributed by atoms with Gasteiger partial charge in [-0.05, 0) is 57.9 Å². The maximum Gasteiger partial charge on any atom is 0.407 e. The number of carbonyl (C=O) groups excluding carboxylic acids is 2. The number of nitrogens with two attached hydrogens (primary N) is 1. The number of rotatable bonds is 2. The molecule has 1 saturated heterocycles. The molecule has 0 spiro atoms. The summed E-state index contributed by atoms with van der Waals surface area (Å²) >= 11 is 0. The summed E-state index contributed by atoms with van der Waals surface area (Å²) in [6.45, 7) is 6.65.